The van der Waals surface area contributed by atoms with Crippen LogP contribution in [0, 0.1) is 11.8 Å². The third-order valence-corrected chi connectivity index (χ3v) is 1.85. The Hall–Kier alpha value is -0.860. The van der Waals surface area contributed by atoms with Crippen molar-refractivity contribution in [2.24, 2.45) is 11.8 Å². The summed E-state index contributed by atoms with van der Waals surface area (Å²) in [6.07, 6.45) is 1.60. The van der Waals surface area contributed by atoms with Crippen molar-refractivity contribution in [3.8, 4) is 0 Å². The van der Waals surface area contributed by atoms with Crippen LogP contribution in [-0.2, 0) is 9.59 Å². The average molecular weight is 169 g/mol. The highest BCUT2D eigenvalue weighted by Crippen LogP contribution is 2.36. The van der Waals surface area contributed by atoms with E-state index in [2.05, 4.69) is 5.32 Å². The van der Waals surface area contributed by atoms with Gasteiger partial charge in [0.2, 0.25) is 5.91 Å². The van der Waals surface area contributed by atoms with Gasteiger partial charge < -0.3 is 10.1 Å². The fourth-order valence-corrected chi connectivity index (χ4v) is 1.13. The SMILES string of the molecule is CC(C)(C)NC(=O)[C@@H]1C[C@@H]1C=O. The van der Waals surface area contributed by atoms with Crippen molar-refractivity contribution in [1.82, 2.24) is 5.32 Å². The fourth-order valence-electron chi connectivity index (χ4n) is 1.13. The van der Waals surface area contributed by atoms with Crippen LogP contribution in [0.3, 0.4) is 0 Å². The van der Waals surface area contributed by atoms with E-state index in [9.17, 15) is 9.59 Å². The molecule has 3 heteroatoms. The Labute approximate surface area is 72.5 Å². The molecule has 0 saturated heterocycles. The van der Waals surface area contributed by atoms with E-state index in [1.54, 1.807) is 0 Å². The molecule has 0 radical (unpaired) electrons. The van der Waals surface area contributed by atoms with E-state index in [-0.39, 0.29) is 23.3 Å². The number of carbonyl (C=O) groups is 2. The molecule has 0 aliphatic heterocycles. The van der Waals surface area contributed by atoms with Crippen LogP contribution in [0.1, 0.15) is 27.2 Å². The van der Waals surface area contributed by atoms with Gasteiger partial charge in [0.1, 0.15) is 6.29 Å². The van der Waals surface area contributed by atoms with Gasteiger partial charge in [0.15, 0.2) is 0 Å². The van der Waals surface area contributed by atoms with Crippen LogP contribution in [0.5, 0.6) is 0 Å². The van der Waals surface area contributed by atoms with Gasteiger partial charge in [-0.2, -0.15) is 0 Å². The number of nitrogens with one attached hydrogen (secondary N) is 1. The second kappa shape index (κ2) is 2.88. The lowest BCUT2D eigenvalue weighted by Gasteiger charge is -2.20. The monoisotopic (exact) mass is 169 g/mol. The molecule has 1 amide bonds. The molecule has 1 saturated carbocycles. The molecule has 1 aliphatic carbocycles. The molecule has 1 rings (SSSR count). The van der Waals surface area contributed by atoms with Crippen molar-refractivity contribution in [3.63, 3.8) is 0 Å². The molecule has 0 heterocycles. The first-order valence-electron chi connectivity index (χ1n) is 4.21. The van der Waals surface area contributed by atoms with Gasteiger partial charge >= 0.3 is 0 Å². The second-order valence-electron chi connectivity index (χ2n) is 4.38. The third kappa shape index (κ3) is 2.32. The summed E-state index contributed by atoms with van der Waals surface area (Å²) >= 11 is 0. The normalized spacial score (nSPS) is 27.9. The van der Waals surface area contributed by atoms with Gasteiger partial charge in [-0.1, -0.05) is 0 Å². The topological polar surface area (TPSA) is 46.2 Å². The van der Waals surface area contributed by atoms with Gasteiger partial charge in [-0.05, 0) is 27.2 Å². The highest BCUT2D eigenvalue weighted by atomic mass is 16.2. The molecule has 0 aromatic rings. The predicted octanol–water partition coefficient (Wildman–Crippen LogP) is 0.736. The number of carbonyl (C=O) groups excluding carboxylic acids is 2. The summed E-state index contributed by atoms with van der Waals surface area (Å²) in [5.74, 6) is -0.0614. The van der Waals surface area contributed by atoms with E-state index in [4.69, 9.17) is 0 Å². The predicted molar refractivity (Wildman–Crippen MR) is 45.6 cm³/mol. The number of hydrogen-bond acceptors (Lipinski definition) is 2. The summed E-state index contributed by atoms with van der Waals surface area (Å²) in [5.41, 5.74) is -0.187. The van der Waals surface area contributed by atoms with E-state index in [0.29, 0.717) is 0 Å². The summed E-state index contributed by atoms with van der Waals surface area (Å²) < 4.78 is 0. The maximum Gasteiger partial charge on any atom is 0.224 e. The van der Waals surface area contributed by atoms with E-state index in [1.807, 2.05) is 20.8 Å². The lowest BCUT2D eigenvalue weighted by atomic mass is 10.1. The molecular formula is C9H15NO2. The summed E-state index contributed by atoms with van der Waals surface area (Å²) in [4.78, 5) is 21.6. The first-order valence-corrected chi connectivity index (χ1v) is 4.21. The Balaban J connectivity index is 2.36. The van der Waals surface area contributed by atoms with E-state index in [1.165, 1.54) is 0 Å². The fraction of sp³-hybridized carbons (Fsp3) is 0.778. The minimum absolute atomic E-state index is 0.0135. The molecule has 12 heavy (non-hydrogen) atoms. The zero-order chi connectivity index (χ0) is 9.35. The Morgan fingerprint density at radius 1 is 1.50 bits per heavy atom. The summed E-state index contributed by atoms with van der Waals surface area (Å²) in [6, 6.07) is 0. The average Bonchev–Trinajstić information content (AvgIpc) is 2.60. The Kier molecular flexibility index (Phi) is 2.22. The first kappa shape index (κ1) is 9.23. The number of hydrogen-bond donors (Lipinski definition) is 1. The van der Waals surface area contributed by atoms with E-state index < -0.39 is 0 Å². The largest absolute Gasteiger partial charge is 0.351 e. The summed E-state index contributed by atoms with van der Waals surface area (Å²) in [5, 5.41) is 2.85. The molecule has 1 fully saturated rings. The van der Waals surface area contributed by atoms with Gasteiger partial charge in [0.25, 0.3) is 0 Å². The molecule has 1 aliphatic rings. The van der Waals surface area contributed by atoms with Gasteiger partial charge in [-0.15, -0.1) is 0 Å². The summed E-state index contributed by atoms with van der Waals surface area (Å²) in [6.45, 7) is 5.80. The van der Waals surface area contributed by atoms with Crippen molar-refractivity contribution in [2.45, 2.75) is 32.7 Å². The molecule has 2 atom stereocenters. The van der Waals surface area contributed by atoms with Crippen molar-refractivity contribution < 1.29 is 9.59 Å². The van der Waals surface area contributed by atoms with Crippen LogP contribution < -0.4 is 5.32 Å². The highest BCUT2D eigenvalue weighted by Gasteiger charge is 2.43. The van der Waals surface area contributed by atoms with Crippen LogP contribution in [0.2, 0.25) is 0 Å². The number of amides is 1. The van der Waals surface area contributed by atoms with Crippen molar-refractivity contribution in [3.05, 3.63) is 0 Å². The van der Waals surface area contributed by atoms with Gasteiger partial charge in [0.05, 0.1) is 0 Å². The highest BCUT2D eigenvalue weighted by molar-refractivity contribution is 5.86. The molecule has 0 unspecified atom stereocenters. The Morgan fingerprint density at radius 2 is 2.08 bits per heavy atom. The Bertz CT molecular complexity index is 205. The van der Waals surface area contributed by atoms with E-state index >= 15 is 0 Å². The Morgan fingerprint density at radius 3 is 2.42 bits per heavy atom. The molecule has 0 aromatic heterocycles. The lowest BCUT2D eigenvalue weighted by Crippen LogP contribution is -2.41. The minimum Gasteiger partial charge on any atom is -0.351 e. The lowest BCUT2D eigenvalue weighted by molar-refractivity contribution is -0.125. The molecule has 3 nitrogen and oxygen atoms in total. The van der Waals surface area contributed by atoms with Crippen molar-refractivity contribution in [2.75, 3.05) is 0 Å². The number of aldehydes is 1. The van der Waals surface area contributed by atoms with E-state index in [0.717, 1.165) is 12.7 Å². The molecule has 68 valence electrons. The molecule has 0 aromatic carbocycles. The third-order valence-electron chi connectivity index (χ3n) is 1.85. The minimum atomic E-state index is -0.187. The van der Waals surface area contributed by atoms with Gasteiger partial charge in [0, 0.05) is 17.4 Å². The molecular weight excluding hydrogens is 154 g/mol. The van der Waals surface area contributed by atoms with Gasteiger partial charge in [-0.25, -0.2) is 0 Å². The maximum absolute atomic E-state index is 11.3. The first-order chi connectivity index (χ1) is 5.44. The van der Waals surface area contributed by atoms with Crippen LogP contribution in [0.15, 0.2) is 0 Å². The summed E-state index contributed by atoms with van der Waals surface area (Å²) in [7, 11) is 0. The van der Waals surface area contributed by atoms with Crippen LogP contribution in [-0.4, -0.2) is 17.7 Å². The smallest absolute Gasteiger partial charge is 0.224 e. The standard InChI is InChI=1S/C9H15NO2/c1-9(2,3)10-8(12)7-4-6(7)5-11/h5-7H,4H2,1-3H3,(H,10,12)/t6-,7-/m1/s1. The molecule has 0 bridgehead atoms. The van der Waals surface area contributed by atoms with Gasteiger partial charge in [-0.3, -0.25) is 4.79 Å². The number of rotatable bonds is 2. The molecule has 1 N–H and O–H groups in total. The van der Waals surface area contributed by atoms with Crippen LogP contribution in [0.4, 0.5) is 0 Å². The zero-order valence-electron chi connectivity index (χ0n) is 7.76. The van der Waals surface area contributed by atoms with Crippen LogP contribution >= 0.6 is 0 Å². The van der Waals surface area contributed by atoms with Crippen LogP contribution in [0.25, 0.3) is 0 Å². The quantitative estimate of drug-likeness (QED) is 0.619. The molecule has 0 spiro atoms. The second-order valence-corrected chi connectivity index (χ2v) is 4.38. The maximum atomic E-state index is 11.3. The van der Waals surface area contributed by atoms with Crippen molar-refractivity contribution in [1.29, 1.82) is 0 Å². The zero-order valence-corrected chi connectivity index (χ0v) is 7.76. The van der Waals surface area contributed by atoms with Crippen molar-refractivity contribution >= 4 is 12.2 Å².